The van der Waals surface area contributed by atoms with Gasteiger partial charge >= 0.3 is 5.97 Å². The minimum atomic E-state index is -0.857. The molecule has 0 saturated heterocycles. The third-order valence-corrected chi connectivity index (χ3v) is 6.87. The van der Waals surface area contributed by atoms with Crippen molar-refractivity contribution in [2.45, 2.75) is 20.0 Å². The van der Waals surface area contributed by atoms with Crippen LogP contribution in [0.5, 0.6) is 11.5 Å². The Labute approximate surface area is 240 Å². The Kier molecular flexibility index (Phi) is 7.14. The number of nitrogens with zero attached hydrogens (tertiary/aromatic N) is 3. The molecule has 0 spiro atoms. The van der Waals surface area contributed by atoms with Crippen molar-refractivity contribution in [2.75, 3.05) is 13.7 Å². The first kappa shape index (κ1) is 26.8. The minimum Gasteiger partial charge on any atom is -0.496 e. The highest BCUT2D eigenvalue weighted by molar-refractivity contribution is 6.02. The number of carbonyl (C=O) groups excluding carboxylic acids is 1. The average Bonchev–Trinajstić information content (AvgIpc) is 3.46. The summed E-state index contributed by atoms with van der Waals surface area (Å²) in [5.41, 5.74) is 1.30. The van der Waals surface area contributed by atoms with Gasteiger partial charge in [-0.15, -0.1) is 0 Å². The Balaban J connectivity index is 1.54. The summed E-state index contributed by atoms with van der Waals surface area (Å²) in [6.45, 7) is 3.61. The number of carbonyl (C=O) groups is 1. The predicted octanol–water partition coefficient (Wildman–Crippen LogP) is 6.18. The SMILES string of the molecule is CCOC(=O)[C@H](C)Oc1ccc2ccccc2c1C=Nn1c(-c2cc3c(OC)cccc3o2)nc2ccccc2c1=O. The van der Waals surface area contributed by atoms with E-state index in [1.165, 1.54) is 4.68 Å². The van der Waals surface area contributed by atoms with E-state index in [2.05, 4.69) is 5.10 Å². The van der Waals surface area contributed by atoms with Crippen LogP contribution < -0.4 is 15.0 Å². The van der Waals surface area contributed by atoms with Crippen LogP contribution in [-0.4, -0.2) is 41.7 Å². The quantitative estimate of drug-likeness (QED) is 0.161. The zero-order valence-corrected chi connectivity index (χ0v) is 23.2. The maximum absolute atomic E-state index is 13.8. The highest BCUT2D eigenvalue weighted by Gasteiger charge is 2.20. The molecule has 0 bridgehead atoms. The number of furan rings is 1. The van der Waals surface area contributed by atoms with Gasteiger partial charge in [0.15, 0.2) is 11.9 Å². The van der Waals surface area contributed by atoms with Gasteiger partial charge in [0.25, 0.3) is 5.56 Å². The summed E-state index contributed by atoms with van der Waals surface area (Å²) in [5.74, 6) is 1.13. The number of hydrogen-bond acceptors (Lipinski definition) is 8. The maximum atomic E-state index is 13.8. The summed E-state index contributed by atoms with van der Waals surface area (Å²) in [5, 5.41) is 7.54. The Morgan fingerprint density at radius 1 is 0.976 bits per heavy atom. The van der Waals surface area contributed by atoms with Gasteiger partial charge in [-0.05, 0) is 61.0 Å². The van der Waals surface area contributed by atoms with Crippen molar-refractivity contribution in [1.29, 1.82) is 0 Å². The van der Waals surface area contributed by atoms with Gasteiger partial charge < -0.3 is 18.6 Å². The second kappa shape index (κ2) is 11.2. The molecule has 0 saturated carbocycles. The average molecular weight is 562 g/mol. The smallest absolute Gasteiger partial charge is 0.347 e. The Morgan fingerprint density at radius 2 is 1.76 bits per heavy atom. The molecule has 0 unspecified atom stereocenters. The number of ether oxygens (including phenoxy) is 3. The van der Waals surface area contributed by atoms with E-state index in [0.717, 1.165) is 16.2 Å². The molecule has 0 fully saturated rings. The second-order valence-corrected chi connectivity index (χ2v) is 9.51. The van der Waals surface area contributed by atoms with Gasteiger partial charge in [-0.3, -0.25) is 4.79 Å². The summed E-state index contributed by atoms with van der Waals surface area (Å²) in [4.78, 5) is 30.9. The molecule has 2 aromatic heterocycles. The number of para-hydroxylation sites is 1. The molecule has 210 valence electrons. The summed E-state index contributed by atoms with van der Waals surface area (Å²) >= 11 is 0. The zero-order chi connectivity index (χ0) is 29.2. The normalized spacial score (nSPS) is 12.3. The number of aromatic nitrogens is 2. The van der Waals surface area contributed by atoms with E-state index in [4.69, 9.17) is 23.6 Å². The van der Waals surface area contributed by atoms with Crippen LogP contribution in [0.4, 0.5) is 0 Å². The van der Waals surface area contributed by atoms with Crippen molar-refractivity contribution in [3.8, 4) is 23.1 Å². The van der Waals surface area contributed by atoms with Crippen molar-refractivity contribution < 1.29 is 23.4 Å². The molecule has 0 aliphatic rings. The van der Waals surface area contributed by atoms with E-state index >= 15 is 0 Å². The molecule has 0 radical (unpaired) electrons. The van der Waals surface area contributed by atoms with E-state index in [-0.39, 0.29) is 18.0 Å². The van der Waals surface area contributed by atoms with E-state index in [0.29, 0.717) is 39.3 Å². The van der Waals surface area contributed by atoms with Gasteiger partial charge in [-0.2, -0.15) is 9.78 Å². The number of esters is 1. The van der Waals surface area contributed by atoms with Crippen molar-refractivity contribution >= 4 is 44.8 Å². The Bertz CT molecular complexity index is 2040. The number of benzene rings is 4. The van der Waals surface area contributed by atoms with Crippen molar-refractivity contribution in [3.05, 3.63) is 101 Å². The van der Waals surface area contributed by atoms with E-state index in [1.807, 2.05) is 54.6 Å². The van der Waals surface area contributed by atoms with Crippen LogP contribution in [-0.2, 0) is 9.53 Å². The molecular formula is C33H27N3O6. The van der Waals surface area contributed by atoms with Crippen LogP contribution in [0.3, 0.4) is 0 Å². The molecule has 2 heterocycles. The van der Waals surface area contributed by atoms with Crippen molar-refractivity contribution in [2.24, 2.45) is 5.10 Å². The fourth-order valence-electron chi connectivity index (χ4n) is 4.84. The van der Waals surface area contributed by atoms with Crippen LogP contribution in [0.1, 0.15) is 19.4 Å². The van der Waals surface area contributed by atoms with Gasteiger partial charge in [0, 0.05) is 5.56 Å². The molecule has 9 nitrogen and oxygen atoms in total. The lowest BCUT2D eigenvalue weighted by Crippen LogP contribution is -2.26. The predicted molar refractivity (Wildman–Crippen MR) is 161 cm³/mol. The molecule has 6 rings (SSSR count). The first-order valence-corrected chi connectivity index (χ1v) is 13.5. The lowest BCUT2D eigenvalue weighted by Gasteiger charge is -2.16. The summed E-state index contributed by atoms with van der Waals surface area (Å²) in [6.07, 6.45) is 0.685. The van der Waals surface area contributed by atoms with Gasteiger partial charge in [0.05, 0.1) is 36.2 Å². The lowest BCUT2D eigenvalue weighted by atomic mass is 10.0. The highest BCUT2D eigenvalue weighted by Crippen LogP contribution is 2.33. The van der Waals surface area contributed by atoms with Crippen LogP contribution >= 0.6 is 0 Å². The number of hydrogen-bond donors (Lipinski definition) is 0. The topological polar surface area (TPSA) is 105 Å². The van der Waals surface area contributed by atoms with E-state index in [1.54, 1.807) is 57.5 Å². The van der Waals surface area contributed by atoms with E-state index < -0.39 is 12.1 Å². The molecular weight excluding hydrogens is 534 g/mol. The van der Waals surface area contributed by atoms with Crippen LogP contribution in [0.15, 0.2) is 99.2 Å². The van der Waals surface area contributed by atoms with Crippen LogP contribution in [0.25, 0.3) is 44.2 Å². The fourth-order valence-corrected chi connectivity index (χ4v) is 4.84. The molecule has 0 N–H and O–H groups in total. The van der Waals surface area contributed by atoms with Crippen LogP contribution in [0, 0.1) is 0 Å². The molecule has 0 amide bonds. The fraction of sp³-hybridized carbons (Fsp3) is 0.152. The lowest BCUT2D eigenvalue weighted by molar-refractivity contribution is -0.150. The summed E-state index contributed by atoms with van der Waals surface area (Å²) in [6, 6.07) is 25.7. The molecule has 0 aliphatic carbocycles. The molecule has 42 heavy (non-hydrogen) atoms. The van der Waals surface area contributed by atoms with Gasteiger partial charge in [-0.25, -0.2) is 9.78 Å². The second-order valence-electron chi connectivity index (χ2n) is 9.51. The molecule has 0 aliphatic heterocycles. The summed E-state index contributed by atoms with van der Waals surface area (Å²) < 4.78 is 24.0. The third kappa shape index (κ3) is 4.85. The Morgan fingerprint density at radius 3 is 2.57 bits per heavy atom. The first-order valence-electron chi connectivity index (χ1n) is 13.5. The Hall–Kier alpha value is -5.44. The zero-order valence-electron chi connectivity index (χ0n) is 23.2. The molecule has 6 aromatic rings. The highest BCUT2D eigenvalue weighted by atomic mass is 16.6. The largest absolute Gasteiger partial charge is 0.496 e. The molecule has 4 aromatic carbocycles. The number of methoxy groups -OCH3 is 1. The summed E-state index contributed by atoms with van der Waals surface area (Å²) in [7, 11) is 1.59. The van der Waals surface area contributed by atoms with Crippen LogP contribution in [0.2, 0.25) is 0 Å². The maximum Gasteiger partial charge on any atom is 0.347 e. The monoisotopic (exact) mass is 561 g/mol. The number of rotatable bonds is 8. The van der Waals surface area contributed by atoms with Crippen molar-refractivity contribution in [1.82, 2.24) is 9.66 Å². The third-order valence-electron chi connectivity index (χ3n) is 6.87. The molecule has 1 atom stereocenters. The van der Waals surface area contributed by atoms with Gasteiger partial charge in [0.1, 0.15) is 17.1 Å². The number of fused-ring (bicyclic) bond motifs is 3. The minimum absolute atomic E-state index is 0.218. The standard InChI is InChI=1S/C33H27N3O6/c1-4-40-33(38)20(2)41-29-17-16-21-10-5-6-11-22(21)25(29)19-34-36-31(35-26-13-8-7-12-23(26)32(36)37)30-18-24-27(39-3)14-9-15-28(24)42-30/h5-20H,4H2,1-3H3/t20-/m0/s1. The van der Waals surface area contributed by atoms with E-state index in [9.17, 15) is 9.59 Å². The van der Waals surface area contributed by atoms with Gasteiger partial charge in [-0.1, -0.05) is 48.5 Å². The van der Waals surface area contributed by atoms with Gasteiger partial charge in [0.2, 0.25) is 5.82 Å². The van der Waals surface area contributed by atoms with Crippen molar-refractivity contribution in [3.63, 3.8) is 0 Å². The molecule has 9 heteroatoms. The first-order chi connectivity index (χ1) is 20.5.